The summed E-state index contributed by atoms with van der Waals surface area (Å²) in [5.74, 6) is -0.365. The van der Waals surface area contributed by atoms with Crippen LogP contribution in [0.3, 0.4) is 0 Å². The maximum absolute atomic E-state index is 12.7. The number of benzene rings is 1. The lowest BCUT2D eigenvalue weighted by Gasteiger charge is -2.18. The van der Waals surface area contributed by atoms with Crippen LogP contribution in [0.4, 0.5) is 5.69 Å². The van der Waals surface area contributed by atoms with E-state index in [-0.39, 0.29) is 17.9 Å². The summed E-state index contributed by atoms with van der Waals surface area (Å²) >= 11 is 0. The van der Waals surface area contributed by atoms with E-state index in [1.54, 1.807) is 24.1 Å². The maximum Gasteiger partial charge on any atom is 0.270 e. The Kier molecular flexibility index (Phi) is 6.00. The van der Waals surface area contributed by atoms with Crippen molar-refractivity contribution < 1.29 is 9.59 Å². The van der Waals surface area contributed by atoms with Crippen LogP contribution in [0.25, 0.3) is 0 Å². The van der Waals surface area contributed by atoms with Gasteiger partial charge in [0.2, 0.25) is 0 Å². The smallest absolute Gasteiger partial charge is 0.270 e. The van der Waals surface area contributed by atoms with E-state index in [0.29, 0.717) is 11.3 Å². The summed E-state index contributed by atoms with van der Waals surface area (Å²) in [7, 11) is 1.73. The van der Waals surface area contributed by atoms with Gasteiger partial charge in [0.1, 0.15) is 5.69 Å². The molecule has 3 rings (SSSR count). The molecule has 1 fully saturated rings. The third-order valence-electron chi connectivity index (χ3n) is 4.88. The van der Waals surface area contributed by atoms with Gasteiger partial charge in [-0.1, -0.05) is 43.9 Å². The van der Waals surface area contributed by atoms with E-state index in [1.807, 2.05) is 30.3 Å². The zero-order chi connectivity index (χ0) is 18.4. The lowest BCUT2D eigenvalue weighted by atomic mass is 10.1. The second-order valence-corrected chi connectivity index (χ2v) is 6.79. The van der Waals surface area contributed by atoms with Gasteiger partial charge in [-0.3, -0.25) is 14.6 Å². The molecule has 0 saturated heterocycles. The summed E-state index contributed by atoms with van der Waals surface area (Å²) in [6.45, 7) is 0. The van der Waals surface area contributed by atoms with Crippen LogP contribution in [0.15, 0.2) is 48.7 Å². The third-order valence-corrected chi connectivity index (χ3v) is 4.88. The first-order chi connectivity index (χ1) is 12.6. The summed E-state index contributed by atoms with van der Waals surface area (Å²) in [6.07, 6.45) is 8.33. The minimum Gasteiger partial charge on any atom is -0.348 e. The Morgan fingerprint density at radius 1 is 1.04 bits per heavy atom. The van der Waals surface area contributed by atoms with E-state index in [2.05, 4.69) is 10.3 Å². The number of para-hydroxylation sites is 1. The first-order valence-electron chi connectivity index (χ1n) is 9.25. The van der Waals surface area contributed by atoms with Gasteiger partial charge in [-0.15, -0.1) is 0 Å². The Hall–Kier alpha value is -2.69. The average Bonchev–Trinajstić information content (AvgIpc) is 2.96. The van der Waals surface area contributed by atoms with E-state index in [4.69, 9.17) is 0 Å². The zero-order valence-corrected chi connectivity index (χ0v) is 15.1. The van der Waals surface area contributed by atoms with Crippen LogP contribution >= 0.6 is 0 Å². The predicted octanol–water partition coefficient (Wildman–Crippen LogP) is 3.81. The van der Waals surface area contributed by atoms with Crippen molar-refractivity contribution in [2.24, 2.45) is 0 Å². The van der Waals surface area contributed by atoms with Crippen molar-refractivity contribution in [2.75, 3.05) is 11.9 Å². The van der Waals surface area contributed by atoms with Gasteiger partial charge in [0.15, 0.2) is 0 Å². The van der Waals surface area contributed by atoms with Gasteiger partial charge in [-0.2, -0.15) is 0 Å². The number of aromatic nitrogens is 1. The number of anilines is 1. The molecule has 1 N–H and O–H groups in total. The molecule has 26 heavy (non-hydrogen) atoms. The van der Waals surface area contributed by atoms with Crippen LogP contribution < -0.4 is 10.2 Å². The molecule has 1 saturated carbocycles. The Morgan fingerprint density at radius 2 is 1.73 bits per heavy atom. The number of nitrogens with zero attached hydrogens (tertiary/aromatic N) is 2. The largest absolute Gasteiger partial charge is 0.348 e. The van der Waals surface area contributed by atoms with Crippen molar-refractivity contribution in [2.45, 2.75) is 44.6 Å². The molecule has 1 aliphatic carbocycles. The molecular formula is C21H25N3O2. The topological polar surface area (TPSA) is 62.3 Å². The quantitative estimate of drug-likeness (QED) is 0.852. The lowest BCUT2D eigenvalue weighted by molar-refractivity contribution is 0.0928. The van der Waals surface area contributed by atoms with Crippen molar-refractivity contribution in [1.29, 1.82) is 0 Å². The number of amides is 2. The van der Waals surface area contributed by atoms with Gasteiger partial charge < -0.3 is 10.2 Å². The van der Waals surface area contributed by atoms with Gasteiger partial charge >= 0.3 is 0 Å². The molecule has 1 aromatic heterocycles. The Bertz CT molecular complexity index is 753. The van der Waals surface area contributed by atoms with Crippen LogP contribution in [-0.4, -0.2) is 29.9 Å². The highest BCUT2D eigenvalue weighted by atomic mass is 16.2. The van der Waals surface area contributed by atoms with Crippen molar-refractivity contribution in [3.63, 3.8) is 0 Å². The van der Waals surface area contributed by atoms with Crippen LogP contribution in [0.5, 0.6) is 0 Å². The van der Waals surface area contributed by atoms with Crippen molar-refractivity contribution in [3.8, 4) is 0 Å². The molecule has 0 bridgehead atoms. The summed E-state index contributed by atoms with van der Waals surface area (Å²) < 4.78 is 0. The molecule has 0 radical (unpaired) electrons. The number of nitrogens with one attached hydrogen (secondary N) is 1. The molecule has 0 atom stereocenters. The van der Waals surface area contributed by atoms with Gasteiger partial charge in [-0.05, 0) is 37.1 Å². The first-order valence-corrected chi connectivity index (χ1v) is 9.25. The zero-order valence-electron chi connectivity index (χ0n) is 15.1. The van der Waals surface area contributed by atoms with E-state index in [0.717, 1.165) is 31.4 Å². The molecule has 136 valence electrons. The fraction of sp³-hybridized carbons (Fsp3) is 0.381. The summed E-state index contributed by atoms with van der Waals surface area (Å²) in [5, 5.41) is 3.08. The van der Waals surface area contributed by atoms with Crippen LogP contribution in [0.1, 0.15) is 59.4 Å². The van der Waals surface area contributed by atoms with E-state index >= 15 is 0 Å². The van der Waals surface area contributed by atoms with Crippen LogP contribution in [0, 0.1) is 0 Å². The highest BCUT2D eigenvalue weighted by Gasteiger charge is 2.19. The minimum atomic E-state index is -0.200. The predicted molar refractivity (Wildman–Crippen MR) is 102 cm³/mol. The lowest BCUT2D eigenvalue weighted by Crippen LogP contribution is -2.35. The van der Waals surface area contributed by atoms with E-state index in [1.165, 1.54) is 19.0 Å². The SMILES string of the molecule is CN(C(=O)c1ccnc(C(=O)NC2CCCCCC2)c1)c1ccccc1. The molecule has 1 aliphatic rings. The molecule has 2 aromatic rings. The number of carbonyl (C=O) groups excluding carboxylic acids is 2. The first kappa shape index (κ1) is 18.1. The van der Waals surface area contributed by atoms with E-state index < -0.39 is 0 Å². The average molecular weight is 351 g/mol. The summed E-state index contributed by atoms with van der Waals surface area (Å²) in [5.41, 5.74) is 1.55. The normalized spacial score (nSPS) is 15.1. The van der Waals surface area contributed by atoms with Gasteiger partial charge in [0.25, 0.3) is 11.8 Å². The second-order valence-electron chi connectivity index (χ2n) is 6.79. The molecular weight excluding hydrogens is 326 g/mol. The van der Waals surface area contributed by atoms with Crippen molar-refractivity contribution in [1.82, 2.24) is 10.3 Å². The number of hydrogen-bond acceptors (Lipinski definition) is 3. The standard InChI is InChI=1S/C21H25N3O2/c1-24(18-11-7-4-8-12-18)21(26)16-13-14-22-19(15-16)20(25)23-17-9-5-2-3-6-10-17/h4,7-8,11-15,17H,2-3,5-6,9-10H2,1H3,(H,23,25). The molecule has 5 nitrogen and oxygen atoms in total. The highest BCUT2D eigenvalue weighted by molar-refractivity contribution is 6.06. The summed E-state index contributed by atoms with van der Waals surface area (Å²) in [6, 6.07) is 12.9. The molecule has 0 spiro atoms. The maximum atomic E-state index is 12.7. The van der Waals surface area contributed by atoms with Gasteiger partial charge in [-0.25, -0.2) is 0 Å². The number of carbonyl (C=O) groups is 2. The van der Waals surface area contributed by atoms with Crippen molar-refractivity contribution >= 4 is 17.5 Å². The number of hydrogen-bond donors (Lipinski definition) is 1. The van der Waals surface area contributed by atoms with Gasteiger partial charge in [0, 0.05) is 30.5 Å². The van der Waals surface area contributed by atoms with E-state index in [9.17, 15) is 9.59 Å². The Labute approximate surface area is 154 Å². The third kappa shape index (κ3) is 4.48. The van der Waals surface area contributed by atoms with Gasteiger partial charge in [0.05, 0.1) is 0 Å². The van der Waals surface area contributed by atoms with Crippen LogP contribution in [-0.2, 0) is 0 Å². The monoisotopic (exact) mass is 351 g/mol. The highest BCUT2D eigenvalue weighted by Crippen LogP contribution is 2.18. The van der Waals surface area contributed by atoms with Crippen LogP contribution in [0.2, 0.25) is 0 Å². The molecule has 2 amide bonds. The van der Waals surface area contributed by atoms with Crippen molar-refractivity contribution in [3.05, 3.63) is 59.9 Å². The Balaban J connectivity index is 1.71. The molecule has 1 heterocycles. The molecule has 5 heteroatoms. The number of rotatable bonds is 4. The molecule has 1 aromatic carbocycles. The minimum absolute atomic E-state index is 0.165. The fourth-order valence-electron chi connectivity index (χ4n) is 3.33. The molecule has 0 unspecified atom stereocenters. The number of pyridine rings is 1. The molecule has 0 aliphatic heterocycles. The second kappa shape index (κ2) is 8.61. The fourth-order valence-corrected chi connectivity index (χ4v) is 3.33. The Morgan fingerprint density at radius 3 is 2.42 bits per heavy atom. The summed E-state index contributed by atoms with van der Waals surface area (Å²) in [4.78, 5) is 31.0.